The van der Waals surface area contributed by atoms with E-state index in [9.17, 15) is 19.2 Å². The molecule has 1 N–H and O–H groups in total. The highest BCUT2D eigenvalue weighted by Crippen LogP contribution is 2.15. The summed E-state index contributed by atoms with van der Waals surface area (Å²) in [5, 5.41) is 8.45. The van der Waals surface area contributed by atoms with Gasteiger partial charge in [-0.25, -0.2) is 4.79 Å². The van der Waals surface area contributed by atoms with Crippen molar-refractivity contribution in [3.63, 3.8) is 0 Å². The maximum Gasteiger partial charge on any atom is 0.419 e. The Kier molecular flexibility index (Phi) is 3.04. The first kappa shape index (κ1) is 12.7. The van der Waals surface area contributed by atoms with Crippen molar-refractivity contribution in [3.05, 3.63) is 34.3 Å². The fourth-order valence-corrected chi connectivity index (χ4v) is 1.65. The second-order valence-electron chi connectivity index (χ2n) is 3.93. The van der Waals surface area contributed by atoms with Gasteiger partial charge >= 0.3 is 11.7 Å². The van der Waals surface area contributed by atoms with Crippen LogP contribution < -0.4 is 5.76 Å². The summed E-state index contributed by atoms with van der Waals surface area (Å²) in [7, 11) is 1.51. The third kappa shape index (κ3) is 2.30. The molecule has 1 heterocycles. The number of carbonyl (C=O) groups excluding carboxylic acids is 2. The molecule has 0 amide bonds. The molecule has 0 aliphatic heterocycles. The number of aromatic nitrogens is 1. The Morgan fingerprint density at radius 1 is 1.32 bits per heavy atom. The van der Waals surface area contributed by atoms with Crippen molar-refractivity contribution in [1.82, 2.24) is 4.57 Å². The van der Waals surface area contributed by atoms with Gasteiger partial charge in [0.05, 0.1) is 5.52 Å². The number of carbonyl (C=O) groups is 3. The second-order valence-corrected chi connectivity index (χ2v) is 3.93. The molecule has 0 unspecified atom stereocenters. The van der Waals surface area contributed by atoms with E-state index in [4.69, 9.17) is 9.52 Å². The molecule has 19 heavy (non-hydrogen) atoms. The average molecular weight is 263 g/mol. The molecule has 7 nitrogen and oxygen atoms in total. The minimum absolute atomic E-state index is 0.00639. The van der Waals surface area contributed by atoms with E-state index in [0.717, 1.165) is 0 Å². The predicted octanol–water partition coefficient (Wildman–Crippen LogP) is 0.358. The summed E-state index contributed by atoms with van der Waals surface area (Å²) in [5.41, 5.74) is 0.641. The van der Waals surface area contributed by atoms with Crippen LogP contribution in [0.25, 0.3) is 11.1 Å². The zero-order valence-corrected chi connectivity index (χ0v) is 9.87. The number of aryl methyl sites for hydroxylation is 1. The van der Waals surface area contributed by atoms with Crippen LogP contribution in [0.5, 0.6) is 0 Å². The molecule has 2 rings (SSSR count). The quantitative estimate of drug-likeness (QED) is 0.485. The Balaban J connectivity index is 2.41. The summed E-state index contributed by atoms with van der Waals surface area (Å²) in [6.45, 7) is 0. The highest BCUT2D eigenvalue weighted by atomic mass is 16.4. The first-order chi connectivity index (χ1) is 8.90. The number of fused-ring (bicyclic) bond motifs is 1. The van der Waals surface area contributed by atoms with Crippen molar-refractivity contribution < 1.29 is 23.9 Å². The van der Waals surface area contributed by atoms with Crippen LogP contribution in [-0.2, 0) is 16.6 Å². The Hall–Kier alpha value is -2.70. The monoisotopic (exact) mass is 263 g/mol. The van der Waals surface area contributed by atoms with E-state index in [-0.39, 0.29) is 11.1 Å². The molecule has 0 spiro atoms. The number of carboxylic acids is 1. The lowest BCUT2D eigenvalue weighted by molar-refractivity contribution is -0.139. The van der Waals surface area contributed by atoms with E-state index in [0.29, 0.717) is 5.52 Å². The van der Waals surface area contributed by atoms with Gasteiger partial charge in [0.15, 0.2) is 5.58 Å². The molecule has 7 heteroatoms. The van der Waals surface area contributed by atoms with E-state index in [1.807, 2.05) is 0 Å². The van der Waals surface area contributed by atoms with Gasteiger partial charge in [-0.3, -0.25) is 19.0 Å². The maximum atomic E-state index is 11.7. The van der Waals surface area contributed by atoms with Gasteiger partial charge < -0.3 is 9.52 Å². The highest BCUT2D eigenvalue weighted by molar-refractivity contribution is 6.45. The molecule has 2 aromatic rings. The van der Waals surface area contributed by atoms with Crippen molar-refractivity contribution in [2.75, 3.05) is 0 Å². The number of carboxylic acid groups (broad SMARTS) is 1. The van der Waals surface area contributed by atoms with Crippen LogP contribution in [0.15, 0.2) is 27.4 Å². The standard InChI is InChI=1S/C12H9NO6/c1-13-7-3-2-6(4-9(7)19-12(13)18)11(17)8(14)5-10(15)16/h2-4H,5H2,1H3,(H,15,16). The largest absolute Gasteiger partial charge is 0.481 e. The third-order valence-corrected chi connectivity index (χ3v) is 2.62. The van der Waals surface area contributed by atoms with Crippen molar-refractivity contribution in [3.8, 4) is 0 Å². The van der Waals surface area contributed by atoms with Crippen LogP contribution in [0, 0.1) is 0 Å². The first-order valence-electron chi connectivity index (χ1n) is 5.29. The number of Topliss-reactive ketones (excluding diaryl/α,β-unsaturated/α-hetero) is 2. The fourth-order valence-electron chi connectivity index (χ4n) is 1.65. The lowest BCUT2D eigenvalue weighted by Crippen LogP contribution is -2.17. The fraction of sp³-hybridized carbons (Fsp3) is 0.167. The topological polar surface area (TPSA) is 107 Å². The molecule has 0 fully saturated rings. The summed E-state index contributed by atoms with van der Waals surface area (Å²) in [6.07, 6.45) is -0.865. The average Bonchev–Trinajstić information content (AvgIpc) is 2.63. The minimum Gasteiger partial charge on any atom is -0.481 e. The molecule has 0 saturated carbocycles. The van der Waals surface area contributed by atoms with Crippen molar-refractivity contribution >= 4 is 28.6 Å². The SMILES string of the molecule is Cn1c(=O)oc2cc(C(=O)C(=O)CC(=O)O)ccc21. The molecule has 1 aromatic heterocycles. The van der Waals surface area contributed by atoms with Gasteiger partial charge in [0, 0.05) is 12.6 Å². The van der Waals surface area contributed by atoms with Gasteiger partial charge in [0.1, 0.15) is 6.42 Å². The lowest BCUT2D eigenvalue weighted by Gasteiger charge is -1.98. The number of rotatable bonds is 4. The van der Waals surface area contributed by atoms with Crippen LogP contribution in [0.2, 0.25) is 0 Å². The summed E-state index contributed by atoms with van der Waals surface area (Å²) >= 11 is 0. The summed E-state index contributed by atoms with van der Waals surface area (Å²) in [6, 6.07) is 4.06. The predicted molar refractivity (Wildman–Crippen MR) is 63.0 cm³/mol. The van der Waals surface area contributed by atoms with Crippen molar-refractivity contribution in [2.24, 2.45) is 7.05 Å². The summed E-state index contributed by atoms with van der Waals surface area (Å²) < 4.78 is 6.13. The van der Waals surface area contributed by atoms with E-state index in [2.05, 4.69) is 0 Å². The smallest absolute Gasteiger partial charge is 0.419 e. The number of hydrogen-bond donors (Lipinski definition) is 1. The molecular weight excluding hydrogens is 254 g/mol. The van der Waals surface area contributed by atoms with Gasteiger partial charge in [-0.15, -0.1) is 0 Å². The van der Waals surface area contributed by atoms with Gasteiger partial charge in [-0.2, -0.15) is 0 Å². The van der Waals surface area contributed by atoms with Crippen LogP contribution in [0.4, 0.5) is 0 Å². The molecule has 98 valence electrons. The van der Waals surface area contributed by atoms with Crippen LogP contribution >= 0.6 is 0 Å². The molecule has 1 aromatic carbocycles. The molecule has 0 atom stereocenters. The Morgan fingerprint density at radius 3 is 2.63 bits per heavy atom. The molecule has 0 radical (unpaired) electrons. The van der Waals surface area contributed by atoms with Crippen LogP contribution in [0.3, 0.4) is 0 Å². The van der Waals surface area contributed by atoms with Crippen molar-refractivity contribution in [1.29, 1.82) is 0 Å². The zero-order chi connectivity index (χ0) is 14.2. The number of nitrogens with zero attached hydrogens (tertiary/aromatic N) is 1. The van der Waals surface area contributed by atoms with E-state index < -0.39 is 29.7 Å². The van der Waals surface area contributed by atoms with Gasteiger partial charge in [-0.1, -0.05) is 0 Å². The number of ketones is 2. The molecule has 0 bridgehead atoms. The normalized spacial score (nSPS) is 10.6. The molecule has 0 aliphatic rings. The highest BCUT2D eigenvalue weighted by Gasteiger charge is 2.20. The van der Waals surface area contributed by atoms with Crippen LogP contribution in [0.1, 0.15) is 16.8 Å². The van der Waals surface area contributed by atoms with E-state index in [1.165, 1.54) is 29.8 Å². The maximum absolute atomic E-state index is 11.7. The second kappa shape index (κ2) is 4.52. The number of hydrogen-bond acceptors (Lipinski definition) is 5. The minimum atomic E-state index is -1.37. The lowest BCUT2D eigenvalue weighted by atomic mass is 10.1. The Labute approximate surface area is 106 Å². The van der Waals surface area contributed by atoms with E-state index in [1.54, 1.807) is 0 Å². The molecule has 0 aliphatic carbocycles. The van der Waals surface area contributed by atoms with Crippen LogP contribution in [-0.4, -0.2) is 27.2 Å². The van der Waals surface area contributed by atoms with Gasteiger partial charge in [0.25, 0.3) is 0 Å². The van der Waals surface area contributed by atoms with E-state index >= 15 is 0 Å². The van der Waals surface area contributed by atoms with Gasteiger partial charge in [-0.05, 0) is 18.2 Å². The third-order valence-electron chi connectivity index (χ3n) is 2.62. The van der Waals surface area contributed by atoms with Gasteiger partial charge in [0.2, 0.25) is 11.6 Å². The Bertz CT molecular complexity index is 751. The van der Waals surface area contributed by atoms with Crippen molar-refractivity contribution in [2.45, 2.75) is 6.42 Å². The number of oxazole rings is 1. The molecular formula is C12H9NO6. The Morgan fingerprint density at radius 2 is 2.00 bits per heavy atom. The summed E-state index contributed by atoms with van der Waals surface area (Å²) in [4.78, 5) is 44.6. The first-order valence-corrected chi connectivity index (χ1v) is 5.29. The number of benzene rings is 1. The molecule has 0 saturated heterocycles. The summed E-state index contributed by atoms with van der Waals surface area (Å²) in [5.74, 6) is -3.90. The zero-order valence-electron chi connectivity index (χ0n) is 9.87. The number of aliphatic carboxylic acids is 1.